The molecule has 0 saturated carbocycles. The summed E-state index contributed by atoms with van der Waals surface area (Å²) in [6, 6.07) is 137. The van der Waals surface area contributed by atoms with Crippen LogP contribution in [-0.2, 0) is 0 Å². The van der Waals surface area contributed by atoms with Crippen LogP contribution in [-0.4, -0.2) is 18.0 Å². The summed E-state index contributed by atoms with van der Waals surface area (Å²) in [5.41, 5.74) is 30.5. The number of nitrogens with zero attached hydrogens (tertiary/aromatic N) is 7. The molecule has 0 radical (unpaired) electrons. The van der Waals surface area contributed by atoms with E-state index in [0.29, 0.717) is 0 Å². The molecule has 5 heterocycles. The van der Waals surface area contributed by atoms with E-state index in [1.807, 2.05) is 0 Å². The van der Waals surface area contributed by atoms with Gasteiger partial charge in [-0.15, -0.1) is 0 Å². The van der Waals surface area contributed by atoms with Crippen LogP contribution >= 0.6 is 0 Å². The minimum Gasteiger partial charge on any atom is -0.311 e. The van der Waals surface area contributed by atoms with Gasteiger partial charge in [0, 0.05) is 102 Å². The highest BCUT2D eigenvalue weighted by Gasteiger charge is 2.49. The first kappa shape index (κ1) is 56.4. The molecule has 0 amide bonds. The predicted octanol–water partition coefficient (Wildman–Crippen LogP) is 19.9. The highest BCUT2D eigenvalue weighted by atomic mass is 15.2. The summed E-state index contributed by atoms with van der Waals surface area (Å²) in [7, 11) is 0. The molecule has 0 unspecified atom stereocenters. The van der Waals surface area contributed by atoms with E-state index in [2.05, 4.69) is 404 Å². The maximum atomic E-state index is 2.65. The molecule has 0 atom stereocenters. The fourth-order valence-electron chi connectivity index (χ4n) is 16.7. The lowest BCUT2D eigenvalue weighted by Gasteiger charge is -2.48. The number of aromatic nitrogens is 1. The van der Waals surface area contributed by atoms with Crippen molar-refractivity contribution in [3.05, 3.63) is 370 Å². The van der Waals surface area contributed by atoms with Crippen LogP contribution in [0.3, 0.4) is 0 Å². The zero-order valence-corrected chi connectivity index (χ0v) is 54.0. The summed E-state index contributed by atoms with van der Waals surface area (Å²) in [5.74, 6) is 0. The van der Waals surface area contributed by atoms with Gasteiger partial charge in [-0.1, -0.05) is 212 Å². The molecule has 0 saturated heterocycles. The quantitative estimate of drug-likeness (QED) is 0.120. The second kappa shape index (κ2) is 22.9. The van der Waals surface area contributed by atoms with E-state index in [0.717, 1.165) is 113 Å². The molecule has 20 rings (SSSR count). The van der Waals surface area contributed by atoms with Gasteiger partial charge in [-0.3, -0.25) is 0 Å². The van der Waals surface area contributed by atoms with E-state index in [9.17, 15) is 0 Å². The normalized spacial score (nSPS) is 12.9. The molecule has 9 heteroatoms. The smallest absolute Gasteiger partial charge is 0.252 e. The van der Waals surface area contributed by atoms with E-state index < -0.39 is 0 Å². The van der Waals surface area contributed by atoms with Crippen molar-refractivity contribution >= 4 is 170 Å². The Morgan fingerprint density at radius 3 is 1.00 bits per heavy atom. The summed E-state index contributed by atoms with van der Waals surface area (Å²) >= 11 is 0. The van der Waals surface area contributed by atoms with E-state index in [-0.39, 0.29) is 13.4 Å². The fraction of sp³-hybridized carbons (Fsp3) is 0. The number of fused-ring (bicyclic) bond motifs is 12. The largest absolute Gasteiger partial charge is 0.311 e. The van der Waals surface area contributed by atoms with Crippen LogP contribution in [0, 0.1) is 0 Å². The van der Waals surface area contributed by atoms with E-state index >= 15 is 0 Å². The molecule has 99 heavy (non-hydrogen) atoms. The average Bonchev–Trinajstić information content (AvgIpc) is 1.62. The summed E-state index contributed by atoms with van der Waals surface area (Å²) < 4.78 is 2.47. The van der Waals surface area contributed by atoms with Gasteiger partial charge in [0.1, 0.15) is 0 Å². The number of para-hydroxylation sites is 11. The molecule has 0 spiro atoms. The van der Waals surface area contributed by atoms with Gasteiger partial charge < -0.3 is 34.0 Å². The Morgan fingerprint density at radius 1 is 0.212 bits per heavy atom. The van der Waals surface area contributed by atoms with Gasteiger partial charge in [0.2, 0.25) is 0 Å². The lowest BCUT2D eigenvalue weighted by atomic mass is 9.30. The Morgan fingerprint density at radius 2 is 0.556 bits per heavy atom. The van der Waals surface area contributed by atoms with Gasteiger partial charge in [-0.2, -0.15) is 0 Å². The van der Waals surface area contributed by atoms with Gasteiger partial charge in [0.05, 0.1) is 28.1 Å². The molecule has 4 aliphatic rings. The summed E-state index contributed by atoms with van der Waals surface area (Å²) in [6.07, 6.45) is 0. The first-order valence-corrected chi connectivity index (χ1v) is 34.2. The maximum Gasteiger partial charge on any atom is 0.252 e. The van der Waals surface area contributed by atoms with Crippen molar-refractivity contribution in [1.29, 1.82) is 0 Å². The van der Waals surface area contributed by atoms with E-state index in [1.54, 1.807) is 0 Å². The molecule has 0 N–H and O–H groups in total. The molecule has 0 fully saturated rings. The van der Waals surface area contributed by atoms with Crippen LogP contribution < -0.4 is 62.2 Å². The van der Waals surface area contributed by atoms with Crippen molar-refractivity contribution in [1.82, 2.24) is 4.57 Å². The highest BCUT2D eigenvalue weighted by Crippen LogP contribution is 2.54. The molecular formula is C90H61B2N7. The SMILES string of the molecule is c1ccc(N(c2ccccc2)c2cc3c4c(c2)N(c2ccccc2)c2cc5c(cc2B4c2ccccc2N3c2ccccc2)B2c3ccc4c(c3N(c3ccccc3)c3cc(N(c6ccccc6)c6ccccc6)cc(c32)N5c2ccccc2)c2ccccc2n4-c2ccccc2)cc1. The van der Waals surface area contributed by atoms with Crippen molar-refractivity contribution in [2.45, 2.75) is 0 Å². The molecule has 1 aromatic heterocycles. The predicted molar refractivity (Wildman–Crippen MR) is 418 cm³/mol. The van der Waals surface area contributed by atoms with Crippen LogP contribution in [0.25, 0.3) is 27.5 Å². The summed E-state index contributed by atoms with van der Waals surface area (Å²) in [5, 5.41) is 2.40. The molecule has 4 aliphatic heterocycles. The number of hydrogen-bond donors (Lipinski definition) is 0. The van der Waals surface area contributed by atoms with Crippen LogP contribution in [0.15, 0.2) is 370 Å². The van der Waals surface area contributed by atoms with Gasteiger partial charge in [0.25, 0.3) is 13.4 Å². The number of anilines is 18. The zero-order valence-electron chi connectivity index (χ0n) is 54.0. The molecule has 16 aromatic rings. The van der Waals surface area contributed by atoms with Crippen molar-refractivity contribution in [2.75, 3.05) is 29.4 Å². The standard InChI is InChI=1S/C90H61B2N7/c1-10-32-62(33-11-1)93(63-34-12-2-13-35-63)71-56-83-88-84(57-71)97(68-44-22-7-23-45-68)81-61-82-77(60-76(81)91(88)74-51-29-31-53-79(74)96(83)67-42-20-6-21-43-67)92-75-54-55-80-87(73-50-28-30-52-78(73)95(80)66-40-18-5-19-41-66)90(75)99(70-48-26-9-27-49-70)86-59-72(58-85(89(86)92)98(82)69-46-24-8-25-47-69)94(64-36-14-3-15-37-64)65-38-16-4-17-39-65/h1-61H. The summed E-state index contributed by atoms with van der Waals surface area (Å²) in [4.78, 5) is 15.2. The Hall–Kier alpha value is -13.0. The number of rotatable bonds is 11. The zero-order chi connectivity index (χ0) is 65.1. The van der Waals surface area contributed by atoms with Gasteiger partial charge >= 0.3 is 0 Å². The van der Waals surface area contributed by atoms with Crippen LogP contribution in [0.5, 0.6) is 0 Å². The minimum absolute atomic E-state index is 0.198. The third-order valence-electron chi connectivity index (χ3n) is 20.6. The average molecular weight is 1260 g/mol. The van der Waals surface area contributed by atoms with Crippen LogP contribution in [0.4, 0.5) is 102 Å². The molecule has 0 bridgehead atoms. The van der Waals surface area contributed by atoms with Crippen LogP contribution in [0.1, 0.15) is 0 Å². The Kier molecular flexibility index (Phi) is 13.0. The third kappa shape index (κ3) is 8.80. The Labute approximate surface area is 576 Å². The first-order chi connectivity index (χ1) is 49.2. The van der Waals surface area contributed by atoms with Crippen LogP contribution in [0.2, 0.25) is 0 Å². The monoisotopic (exact) mass is 1260 g/mol. The first-order valence-electron chi connectivity index (χ1n) is 34.2. The maximum absolute atomic E-state index is 2.65. The Bertz CT molecular complexity index is 5690. The van der Waals surface area contributed by atoms with Gasteiger partial charge in [-0.25, -0.2) is 0 Å². The topological polar surface area (TPSA) is 24.4 Å². The number of benzene rings is 15. The molecule has 15 aromatic carbocycles. The van der Waals surface area contributed by atoms with Crippen molar-refractivity contribution < 1.29 is 0 Å². The molecule has 7 nitrogen and oxygen atoms in total. The highest BCUT2D eigenvalue weighted by molar-refractivity contribution is 7.03. The van der Waals surface area contributed by atoms with Gasteiger partial charge in [-0.05, 0) is 191 Å². The second-order valence-electron chi connectivity index (χ2n) is 26.0. The van der Waals surface area contributed by atoms with Gasteiger partial charge in [0.15, 0.2) is 0 Å². The molecule has 462 valence electrons. The third-order valence-corrected chi connectivity index (χ3v) is 20.6. The van der Waals surface area contributed by atoms with Crippen molar-refractivity contribution in [3.8, 4) is 5.69 Å². The fourth-order valence-corrected chi connectivity index (χ4v) is 16.7. The van der Waals surface area contributed by atoms with E-state index in [4.69, 9.17) is 0 Å². The van der Waals surface area contributed by atoms with Crippen molar-refractivity contribution in [2.24, 2.45) is 0 Å². The minimum atomic E-state index is -0.261. The second-order valence-corrected chi connectivity index (χ2v) is 26.0. The van der Waals surface area contributed by atoms with E-state index in [1.165, 1.54) is 49.2 Å². The number of hydrogen-bond acceptors (Lipinski definition) is 6. The van der Waals surface area contributed by atoms with Crippen molar-refractivity contribution in [3.63, 3.8) is 0 Å². The lowest BCUT2D eigenvalue weighted by molar-refractivity contribution is 1.18. The summed E-state index contributed by atoms with van der Waals surface area (Å²) in [6.45, 7) is -0.459. The molecule has 0 aliphatic carbocycles. The Balaban J connectivity index is 0.940. The molecular weight excluding hydrogens is 1200 g/mol. The lowest BCUT2D eigenvalue weighted by Crippen LogP contribution is -2.65.